The first-order valence-corrected chi connectivity index (χ1v) is 8.40. The summed E-state index contributed by atoms with van der Waals surface area (Å²) in [7, 11) is 0. The number of hydrogen-bond donors (Lipinski definition) is 0. The van der Waals surface area contributed by atoms with Crippen LogP contribution in [0.25, 0.3) is 0 Å². The summed E-state index contributed by atoms with van der Waals surface area (Å²) in [6, 6.07) is 0. The highest BCUT2D eigenvalue weighted by molar-refractivity contribution is 5.95. The maximum Gasteiger partial charge on any atom is 0.159 e. The number of carbonyl (C=O) groups excluding carboxylic acids is 1. The summed E-state index contributed by atoms with van der Waals surface area (Å²) in [5, 5.41) is 0. The highest BCUT2D eigenvalue weighted by Gasteiger charge is 2.42. The van der Waals surface area contributed by atoms with Crippen molar-refractivity contribution in [2.75, 3.05) is 0 Å². The van der Waals surface area contributed by atoms with E-state index in [9.17, 15) is 4.79 Å². The summed E-state index contributed by atoms with van der Waals surface area (Å²) < 4.78 is 0. The van der Waals surface area contributed by atoms with Gasteiger partial charge in [0.15, 0.2) is 5.78 Å². The lowest BCUT2D eigenvalue weighted by molar-refractivity contribution is -0.117. The van der Waals surface area contributed by atoms with Crippen molar-refractivity contribution >= 4 is 5.78 Å². The smallest absolute Gasteiger partial charge is 0.159 e. The Morgan fingerprint density at radius 2 is 2.05 bits per heavy atom. The van der Waals surface area contributed by atoms with Gasteiger partial charge in [-0.1, -0.05) is 50.6 Å². The second kappa shape index (κ2) is 6.34. The van der Waals surface area contributed by atoms with Crippen LogP contribution in [0.3, 0.4) is 0 Å². The van der Waals surface area contributed by atoms with Crippen molar-refractivity contribution in [1.82, 2.24) is 0 Å². The van der Waals surface area contributed by atoms with E-state index in [0.29, 0.717) is 18.3 Å². The van der Waals surface area contributed by atoms with Gasteiger partial charge in [-0.15, -0.1) is 0 Å². The summed E-state index contributed by atoms with van der Waals surface area (Å²) in [5.74, 6) is 1.58. The maximum atomic E-state index is 12.5. The molecule has 2 aliphatic rings. The largest absolute Gasteiger partial charge is 0.295 e. The first kappa shape index (κ1) is 16.3. The minimum atomic E-state index is 0.0551. The molecule has 2 atom stereocenters. The van der Waals surface area contributed by atoms with Gasteiger partial charge in [0.25, 0.3) is 0 Å². The van der Waals surface area contributed by atoms with Crippen LogP contribution in [0, 0.1) is 17.3 Å². The SMILES string of the molecule is C=C1CC/C=C(\C)C/C=C2\[C@H](C(C)C)CC[C@@]2(C)CC1=O. The fraction of sp³-hybridized carbons (Fsp3) is 0.650. The Morgan fingerprint density at radius 1 is 1.33 bits per heavy atom. The number of allylic oxidation sites excluding steroid dienone is 5. The van der Waals surface area contributed by atoms with E-state index < -0.39 is 0 Å². The van der Waals surface area contributed by atoms with Crippen molar-refractivity contribution in [3.8, 4) is 0 Å². The Kier molecular flexibility index (Phi) is 4.91. The predicted octanol–water partition coefficient (Wildman–Crippen LogP) is 5.63. The second-order valence-electron chi connectivity index (χ2n) is 7.61. The van der Waals surface area contributed by atoms with Crippen molar-refractivity contribution in [3.05, 3.63) is 35.5 Å². The van der Waals surface area contributed by atoms with Gasteiger partial charge in [0.1, 0.15) is 0 Å². The minimum absolute atomic E-state index is 0.0551. The lowest BCUT2D eigenvalue weighted by Gasteiger charge is -2.29. The van der Waals surface area contributed by atoms with Crippen LogP contribution in [0.1, 0.15) is 66.2 Å². The standard InChI is InChI=1S/C20H30O/c1-14(2)17-11-12-20(5)13-19(21)16(4)8-6-7-15(3)9-10-18(17)20/h7,10,14,17H,4,6,8-9,11-13H2,1-3,5H3/b15-7+,18-10+/t17-,20-/m0/s1. The van der Waals surface area contributed by atoms with Crippen LogP contribution in [0.2, 0.25) is 0 Å². The van der Waals surface area contributed by atoms with Crippen molar-refractivity contribution < 1.29 is 4.79 Å². The summed E-state index contributed by atoms with van der Waals surface area (Å²) in [5.41, 5.74) is 3.82. The number of hydrogen-bond acceptors (Lipinski definition) is 1. The molecule has 1 heteroatoms. The van der Waals surface area contributed by atoms with Gasteiger partial charge in [-0.2, -0.15) is 0 Å². The van der Waals surface area contributed by atoms with Crippen molar-refractivity contribution in [2.45, 2.75) is 66.2 Å². The van der Waals surface area contributed by atoms with E-state index in [0.717, 1.165) is 31.3 Å². The third-order valence-corrected chi connectivity index (χ3v) is 5.44. The highest BCUT2D eigenvalue weighted by atomic mass is 16.1. The van der Waals surface area contributed by atoms with Crippen molar-refractivity contribution in [2.24, 2.45) is 17.3 Å². The summed E-state index contributed by atoms with van der Waals surface area (Å²) in [6.07, 6.45) is 10.5. The minimum Gasteiger partial charge on any atom is -0.295 e. The van der Waals surface area contributed by atoms with E-state index in [2.05, 4.69) is 46.4 Å². The zero-order valence-corrected chi connectivity index (χ0v) is 14.2. The average Bonchev–Trinajstić information content (AvgIpc) is 2.71. The Hall–Kier alpha value is -1.11. The van der Waals surface area contributed by atoms with Crippen LogP contribution in [-0.4, -0.2) is 5.78 Å². The Morgan fingerprint density at radius 3 is 2.71 bits per heavy atom. The van der Waals surface area contributed by atoms with Crippen LogP contribution >= 0.6 is 0 Å². The van der Waals surface area contributed by atoms with Crippen LogP contribution in [-0.2, 0) is 4.79 Å². The van der Waals surface area contributed by atoms with Crippen LogP contribution < -0.4 is 0 Å². The molecule has 0 amide bonds. The summed E-state index contributed by atoms with van der Waals surface area (Å²) in [6.45, 7) is 13.1. The van der Waals surface area contributed by atoms with Gasteiger partial charge >= 0.3 is 0 Å². The number of carbonyl (C=O) groups is 1. The van der Waals surface area contributed by atoms with Crippen LogP contribution in [0.5, 0.6) is 0 Å². The number of ketones is 1. The fourth-order valence-corrected chi connectivity index (χ4v) is 3.97. The predicted molar refractivity (Wildman–Crippen MR) is 90.1 cm³/mol. The number of Topliss-reactive ketones (excluding diaryl/α,β-unsaturated/α-hetero) is 1. The molecule has 0 aromatic carbocycles. The molecule has 0 aromatic heterocycles. The summed E-state index contributed by atoms with van der Waals surface area (Å²) >= 11 is 0. The van der Waals surface area contributed by atoms with Gasteiger partial charge in [0, 0.05) is 6.42 Å². The van der Waals surface area contributed by atoms with Gasteiger partial charge < -0.3 is 0 Å². The normalized spacial score (nSPS) is 36.5. The molecule has 21 heavy (non-hydrogen) atoms. The molecule has 0 aromatic rings. The molecule has 0 unspecified atom stereocenters. The topological polar surface area (TPSA) is 17.1 Å². The molecule has 1 nitrogen and oxygen atoms in total. The Bertz CT molecular complexity index is 492. The molecule has 0 saturated heterocycles. The van der Waals surface area contributed by atoms with Crippen molar-refractivity contribution in [1.29, 1.82) is 0 Å². The van der Waals surface area contributed by atoms with Gasteiger partial charge in [-0.25, -0.2) is 0 Å². The summed E-state index contributed by atoms with van der Waals surface area (Å²) in [4.78, 5) is 12.5. The molecule has 1 fully saturated rings. The van der Waals surface area contributed by atoms with E-state index in [1.54, 1.807) is 0 Å². The fourth-order valence-electron chi connectivity index (χ4n) is 3.97. The molecule has 0 N–H and O–H groups in total. The highest BCUT2D eigenvalue weighted by Crippen LogP contribution is 2.52. The average molecular weight is 286 g/mol. The number of fused-ring (bicyclic) bond motifs is 1. The first-order chi connectivity index (χ1) is 9.83. The van der Waals surface area contributed by atoms with Gasteiger partial charge in [0.05, 0.1) is 0 Å². The van der Waals surface area contributed by atoms with Crippen LogP contribution in [0.15, 0.2) is 35.5 Å². The van der Waals surface area contributed by atoms with E-state index >= 15 is 0 Å². The molecule has 1 saturated carbocycles. The molecule has 0 bridgehead atoms. The van der Waals surface area contributed by atoms with E-state index in [1.165, 1.54) is 17.6 Å². The van der Waals surface area contributed by atoms with E-state index in [4.69, 9.17) is 0 Å². The molecule has 2 rings (SSSR count). The van der Waals surface area contributed by atoms with E-state index in [-0.39, 0.29) is 11.2 Å². The zero-order valence-electron chi connectivity index (χ0n) is 14.2. The quantitative estimate of drug-likeness (QED) is 0.451. The number of rotatable bonds is 1. The Balaban J connectivity index is 2.38. The first-order valence-electron chi connectivity index (χ1n) is 8.40. The molecule has 2 aliphatic carbocycles. The van der Waals surface area contributed by atoms with Crippen LogP contribution in [0.4, 0.5) is 0 Å². The lowest BCUT2D eigenvalue weighted by atomic mass is 9.75. The van der Waals surface area contributed by atoms with Crippen molar-refractivity contribution in [3.63, 3.8) is 0 Å². The molecule has 0 aliphatic heterocycles. The second-order valence-corrected chi connectivity index (χ2v) is 7.61. The molecular weight excluding hydrogens is 256 g/mol. The zero-order chi connectivity index (χ0) is 15.6. The molecule has 0 heterocycles. The maximum absolute atomic E-state index is 12.5. The van der Waals surface area contributed by atoms with Gasteiger partial charge in [-0.3, -0.25) is 4.79 Å². The lowest BCUT2D eigenvalue weighted by Crippen LogP contribution is -2.22. The molecular formula is C20H30O. The van der Waals surface area contributed by atoms with Gasteiger partial charge in [-0.05, 0) is 61.9 Å². The van der Waals surface area contributed by atoms with Gasteiger partial charge in [0.2, 0.25) is 0 Å². The Labute approximate surface area is 130 Å². The third-order valence-electron chi connectivity index (χ3n) is 5.44. The molecule has 0 radical (unpaired) electrons. The monoisotopic (exact) mass is 286 g/mol. The van der Waals surface area contributed by atoms with E-state index in [1.807, 2.05) is 0 Å². The third kappa shape index (κ3) is 3.56. The molecule has 116 valence electrons. The molecule has 0 spiro atoms.